The van der Waals surface area contributed by atoms with Crippen LogP contribution in [0.25, 0.3) is 0 Å². The molecule has 0 aliphatic heterocycles. The van der Waals surface area contributed by atoms with Gasteiger partial charge in [-0.1, -0.05) is 17.3 Å². The third-order valence-electron chi connectivity index (χ3n) is 3.27. The Bertz CT molecular complexity index is 746. The van der Waals surface area contributed by atoms with E-state index in [9.17, 15) is 4.79 Å². The highest BCUT2D eigenvalue weighted by molar-refractivity contribution is 5.92. The van der Waals surface area contributed by atoms with Gasteiger partial charge in [-0.25, -0.2) is 0 Å². The normalized spacial score (nSPS) is 10.4. The molecule has 2 rings (SSSR count). The van der Waals surface area contributed by atoms with Gasteiger partial charge >= 0.3 is 0 Å². The first-order chi connectivity index (χ1) is 12.2. The predicted octanol–water partition coefficient (Wildman–Crippen LogP) is 2.70. The minimum atomic E-state index is -0.343. The molecule has 1 N–H and O–H groups in total. The van der Waals surface area contributed by atoms with Crippen LogP contribution in [-0.4, -0.2) is 40.1 Å². The van der Waals surface area contributed by atoms with Gasteiger partial charge in [-0.2, -0.15) is 0 Å². The minimum absolute atomic E-state index is 0.222. The van der Waals surface area contributed by atoms with Crippen molar-refractivity contribution in [3.63, 3.8) is 0 Å². The monoisotopic (exact) mass is 344 g/mol. The summed E-state index contributed by atoms with van der Waals surface area (Å²) in [5.41, 5.74) is 1.32. The quantitative estimate of drug-likeness (QED) is 0.588. The van der Waals surface area contributed by atoms with Crippen LogP contribution < -0.4 is 19.5 Å². The number of hydrogen-bond donors (Lipinski definition) is 1. The van der Waals surface area contributed by atoms with E-state index < -0.39 is 0 Å². The molecule has 7 heteroatoms. The summed E-state index contributed by atoms with van der Waals surface area (Å²) >= 11 is 0. The van der Waals surface area contributed by atoms with E-state index in [4.69, 9.17) is 19.0 Å². The number of carbonyl (C=O) groups is 1. The molecule has 0 saturated carbocycles. The van der Waals surface area contributed by atoms with Crippen LogP contribution in [-0.2, 0) is 9.63 Å². The number of anilines is 1. The Kier molecular flexibility index (Phi) is 6.65. The molecule has 7 nitrogen and oxygen atoms in total. The van der Waals surface area contributed by atoms with Gasteiger partial charge in [-0.3, -0.25) is 4.79 Å². The van der Waals surface area contributed by atoms with Crippen LogP contribution >= 0.6 is 0 Å². The number of carbonyl (C=O) groups excluding carboxylic acids is 1. The second kappa shape index (κ2) is 9.17. The lowest BCUT2D eigenvalue weighted by atomic mass is 10.2. The first-order valence-corrected chi connectivity index (χ1v) is 7.48. The van der Waals surface area contributed by atoms with Crippen molar-refractivity contribution in [2.24, 2.45) is 5.16 Å². The van der Waals surface area contributed by atoms with Crippen LogP contribution in [0, 0.1) is 0 Å². The first-order valence-electron chi connectivity index (χ1n) is 7.48. The van der Waals surface area contributed by atoms with Gasteiger partial charge in [-0.15, -0.1) is 0 Å². The van der Waals surface area contributed by atoms with Gasteiger partial charge in [0.05, 0.1) is 27.5 Å². The maximum absolute atomic E-state index is 11.9. The second-order valence-corrected chi connectivity index (χ2v) is 4.87. The van der Waals surface area contributed by atoms with Crippen molar-refractivity contribution in [2.75, 3.05) is 33.3 Å². The van der Waals surface area contributed by atoms with Gasteiger partial charge in [0.25, 0.3) is 5.91 Å². The fraction of sp³-hybridized carbons (Fsp3) is 0.222. The second-order valence-electron chi connectivity index (χ2n) is 4.87. The van der Waals surface area contributed by atoms with Crippen molar-refractivity contribution in [1.82, 2.24) is 0 Å². The number of hydrogen-bond acceptors (Lipinski definition) is 6. The van der Waals surface area contributed by atoms with Crippen LogP contribution in [0.2, 0.25) is 0 Å². The number of methoxy groups -OCH3 is 3. The molecule has 2 aromatic rings. The summed E-state index contributed by atoms with van der Waals surface area (Å²) in [7, 11) is 4.65. The van der Waals surface area contributed by atoms with E-state index in [2.05, 4.69) is 10.5 Å². The summed E-state index contributed by atoms with van der Waals surface area (Å²) in [5.74, 6) is 1.43. The van der Waals surface area contributed by atoms with Crippen molar-refractivity contribution < 1.29 is 23.8 Å². The molecule has 2 aromatic carbocycles. The van der Waals surface area contributed by atoms with Crippen LogP contribution in [0.5, 0.6) is 17.2 Å². The Hall–Kier alpha value is -3.22. The molecule has 0 heterocycles. The van der Waals surface area contributed by atoms with E-state index in [1.807, 2.05) is 24.3 Å². The summed E-state index contributed by atoms with van der Waals surface area (Å²) in [6, 6.07) is 12.4. The first kappa shape index (κ1) is 18.1. The number of oxime groups is 1. The number of benzene rings is 2. The zero-order valence-electron chi connectivity index (χ0n) is 14.3. The number of para-hydroxylation sites is 1. The Labute approximate surface area is 146 Å². The van der Waals surface area contributed by atoms with Crippen molar-refractivity contribution in [2.45, 2.75) is 0 Å². The molecule has 0 saturated heterocycles. The van der Waals surface area contributed by atoms with Gasteiger partial charge in [-0.05, 0) is 24.3 Å². The van der Waals surface area contributed by atoms with E-state index in [1.165, 1.54) is 13.3 Å². The van der Waals surface area contributed by atoms with E-state index in [0.717, 1.165) is 5.56 Å². The average Bonchev–Trinajstić information content (AvgIpc) is 2.65. The minimum Gasteiger partial charge on any atom is -0.496 e. The summed E-state index contributed by atoms with van der Waals surface area (Å²) in [6.45, 7) is -0.222. The smallest absolute Gasteiger partial charge is 0.265 e. The highest BCUT2D eigenvalue weighted by atomic mass is 16.6. The number of nitrogens with zero attached hydrogens (tertiary/aromatic N) is 1. The van der Waals surface area contributed by atoms with E-state index >= 15 is 0 Å². The SMILES string of the molecule is COc1ccccc1/C=N\OCC(=O)Nc1ccc(OC)c(OC)c1. The van der Waals surface area contributed by atoms with E-state index in [0.29, 0.717) is 22.9 Å². The molecule has 0 fully saturated rings. The summed E-state index contributed by atoms with van der Waals surface area (Å²) in [6.07, 6.45) is 1.49. The number of amides is 1. The zero-order valence-corrected chi connectivity index (χ0v) is 14.3. The molecule has 0 spiro atoms. The van der Waals surface area contributed by atoms with Gasteiger partial charge in [0.1, 0.15) is 5.75 Å². The van der Waals surface area contributed by atoms with Crippen LogP contribution in [0.15, 0.2) is 47.6 Å². The Morgan fingerprint density at radius 2 is 1.72 bits per heavy atom. The molecule has 1 amide bonds. The lowest BCUT2D eigenvalue weighted by Gasteiger charge is -2.10. The maximum atomic E-state index is 11.9. The highest BCUT2D eigenvalue weighted by Crippen LogP contribution is 2.29. The van der Waals surface area contributed by atoms with Crippen molar-refractivity contribution in [3.05, 3.63) is 48.0 Å². The molecule has 0 aliphatic carbocycles. The van der Waals surface area contributed by atoms with E-state index in [1.54, 1.807) is 32.4 Å². The summed E-state index contributed by atoms with van der Waals surface area (Å²) in [4.78, 5) is 16.9. The van der Waals surface area contributed by atoms with Crippen LogP contribution in [0.1, 0.15) is 5.56 Å². The third-order valence-corrected chi connectivity index (χ3v) is 3.27. The molecule has 0 unspecified atom stereocenters. The largest absolute Gasteiger partial charge is 0.496 e. The van der Waals surface area contributed by atoms with Gasteiger partial charge in [0, 0.05) is 17.3 Å². The third kappa shape index (κ3) is 5.13. The van der Waals surface area contributed by atoms with Crippen LogP contribution in [0.4, 0.5) is 5.69 Å². The Balaban J connectivity index is 1.87. The summed E-state index contributed by atoms with van der Waals surface area (Å²) in [5, 5.41) is 6.47. The summed E-state index contributed by atoms with van der Waals surface area (Å²) < 4.78 is 15.5. The molecule has 0 aliphatic rings. The van der Waals surface area contributed by atoms with Crippen molar-refractivity contribution in [1.29, 1.82) is 0 Å². The molecule has 25 heavy (non-hydrogen) atoms. The zero-order chi connectivity index (χ0) is 18.1. The molecule has 0 bridgehead atoms. The Morgan fingerprint density at radius 1 is 1.00 bits per heavy atom. The fourth-order valence-corrected chi connectivity index (χ4v) is 2.07. The standard InChI is InChI=1S/C18H20N2O5/c1-22-15-7-5-4-6-13(15)11-19-25-12-18(21)20-14-8-9-16(23-2)17(10-14)24-3/h4-11H,12H2,1-3H3,(H,20,21)/b19-11-. The lowest BCUT2D eigenvalue weighted by molar-refractivity contribution is -0.120. The molecule has 132 valence electrons. The number of ether oxygens (including phenoxy) is 3. The van der Waals surface area contributed by atoms with Gasteiger partial charge in [0.2, 0.25) is 0 Å². The average molecular weight is 344 g/mol. The fourth-order valence-electron chi connectivity index (χ4n) is 2.07. The van der Waals surface area contributed by atoms with Gasteiger partial charge in [0.15, 0.2) is 18.1 Å². The van der Waals surface area contributed by atoms with Crippen molar-refractivity contribution >= 4 is 17.8 Å². The maximum Gasteiger partial charge on any atom is 0.265 e. The topological polar surface area (TPSA) is 78.4 Å². The molecular weight excluding hydrogens is 324 g/mol. The highest BCUT2D eigenvalue weighted by Gasteiger charge is 2.07. The Morgan fingerprint density at radius 3 is 2.44 bits per heavy atom. The van der Waals surface area contributed by atoms with Crippen LogP contribution in [0.3, 0.4) is 0 Å². The van der Waals surface area contributed by atoms with Gasteiger partial charge < -0.3 is 24.4 Å². The molecule has 0 aromatic heterocycles. The van der Waals surface area contributed by atoms with Crippen molar-refractivity contribution in [3.8, 4) is 17.2 Å². The van der Waals surface area contributed by atoms with E-state index in [-0.39, 0.29) is 12.5 Å². The molecule has 0 radical (unpaired) electrons. The predicted molar refractivity (Wildman–Crippen MR) is 94.7 cm³/mol. The lowest BCUT2D eigenvalue weighted by Crippen LogP contribution is -2.17. The number of nitrogens with one attached hydrogen (secondary N) is 1. The molecular formula is C18H20N2O5. The number of rotatable bonds is 8. The molecule has 0 atom stereocenters.